The van der Waals surface area contributed by atoms with Gasteiger partial charge >= 0.3 is 0 Å². The lowest BCUT2D eigenvalue weighted by Gasteiger charge is -2.10. The second-order valence-corrected chi connectivity index (χ2v) is 9.75. The fourth-order valence-electron chi connectivity index (χ4n) is 3.82. The van der Waals surface area contributed by atoms with Gasteiger partial charge in [-0.1, -0.05) is 29.8 Å². The van der Waals surface area contributed by atoms with Crippen molar-refractivity contribution in [3.63, 3.8) is 0 Å². The zero-order valence-electron chi connectivity index (χ0n) is 17.2. The fourth-order valence-corrected chi connectivity index (χ4v) is 4.87. The summed E-state index contributed by atoms with van der Waals surface area (Å²) in [7, 11) is 0. The first kappa shape index (κ1) is 24.4. The molecule has 4 nitrogen and oxygen atoms in total. The van der Waals surface area contributed by atoms with Crippen LogP contribution in [0, 0.1) is 23.4 Å². The van der Waals surface area contributed by atoms with E-state index in [9.17, 15) is 22.8 Å². The quantitative estimate of drug-likeness (QED) is 0.225. The predicted molar refractivity (Wildman–Crippen MR) is 126 cm³/mol. The Morgan fingerprint density at radius 3 is 2.47 bits per heavy atom. The molecule has 0 aliphatic heterocycles. The summed E-state index contributed by atoms with van der Waals surface area (Å²) in [4.78, 5) is 25.6. The van der Waals surface area contributed by atoms with E-state index in [1.54, 1.807) is 6.07 Å². The van der Waals surface area contributed by atoms with Gasteiger partial charge in [-0.15, -0.1) is 23.2 Å². The number of nitrogen functional groups attached to an aromatic ring is 1. The topological polar surface area (TPSA) is 72.2 Å². The summed E-state index contributed by atoms with van der Waals surface area (Å²) in [6, 6.07) is 11.9. The maximum atomic E-state index is 14.2. The number of hydrogen-bond donors (Lipinski definition) is 2. The third kappa shape index (κ3) is 4.60. The van der Waals surface area contributed by atoms with Gasteiger partial charge in [-0.25, -0.2) is 13.2 Å². The molecular formula is C24H16Cl3F3N2O2. The minimum absolute atomic E-state index is 0.0160. The van der Waals surface area contributed by atoms with Crippen molar-refractivity contribution in [2.75, 3.05) is 11.1 Å². The second-order valence-electron chi connectivity index (χ2n) is 7.90. The fraction of sp³-hybridized carbons (Fsp3) is 0.167. The Hall–Kier alpha value is -2.74. The minimum atomic E-state index is -1.43. The highest BCUT2D eigenvalue weighted by Gasteiger charge is 2.67. The maximum absolute atomic E-state index is 14.2. The lowest BCUT2D eigenvalue weighted by atomic mass is 10.0. The molecule has 176 valence electrons. The maximum Gasteiger partial charge on any atom is 0.231 e. The number of Topliss-reactive ketones (excluding diaryl/α,β-unsaturated/α-hetero) is 1. The van der Waals surface area contributed by atoms with Gasteiger partial charge in [-0.3, -0.25) is 9.59 Å². The monoisotopic (exact) mass is 526 g/mol. The average molecular weight is 528 g/mol. The number of nitrogens with one attached hydrogen (secondary N) is 1. The Bertz CT molecular complexity index is 1320. The summed E-state index contributed by atoms with van der Waals surface area (Å²) in [5, 5.41) is 2.71. The first-order valence-corrected chi connectivity index (χ1v) is 11.1. The van der Waals surface area contributed by atoms with Crippen LogP contribution in [0.25, 0.3) is 0 Å². The first-order valence-electron chi connectivity index (χ1n) is 10.00. The Balaban J connectivity index is 1.52. The van der Waals surface area contributed by atoms with Crippen molar-refractivity contribution < 1.29 is 22.8 Å². The predicted octanol–water partition coefficient (Wildman–Crippen LogP) is 6.29. The molecule has 1 fully saturated rings. The van der Waals surface area contributed by atoms with E-state index in [1.807, 2.05) is 0 Å². The van der Waals surface area contributed by atoms with Gasteiger partial charge in [0.25, 0.3) is 0 Å². The zero-order valence-corrected chi connectivity index (χ0v) is 19.5. The van der Waals surface area contributed by atoms with Crippen LogP contribution in [0.1, 0.15) is 27.4 Å². The number of halogens is 6. The van der Waals surface area contributed by atoms with E-state index in [4.69, 9.17) is 40.5 Å². The van der Waals surface area contributed by atoms with Crippen molar-refractivity contribution in [3.05, 3.63) is 93.8 Å². The first-order chi connectivity index (χ1) is 16.0. The molecule has 3 N–H and O–H groups in total. The zero-order chi connectivity index (χ0) is 24.8. The third-order valence-corrected chi connectivity index (χ3v) is 6.91. The largest absolute Gasteiger partial charge is 0.394 e. The Morgan fingerprint density at radius 1 is 1.03 bits per heavy atom. The van der Waals surface area contributed by atoms with E-state index in [1.165, 1.54) is 36.4 Å². The molecule has 0 bridgehead atoms. The van der Waals surface area contributed by atoms with Gasteiger partial charge in [0, 0.05) is 23.6 Å². The van der Waals surface area contributed by atoms with Crippen LogP contribution >= 0.6 is 34.8 Å². The number of benzene rings is 3. The van der Waals surface area contributed by atoms with Crippen molar-refractivity contribution in [2.45, 2.75) is 16.7 Å². The van der Waals surface area contributed by atoms with Gasteiger partial charge in [0.2, 0.25) is 5.91 Å². The van der Waals surface area contributed by atoms with Gasteiger partial charge in [0.15, 0.2) is 11.6 Å². The third-order valence-electron chi connectivity index (χ3n) is 5.64. The van der Waals surface area contributed by atoms with Crippen molar-refractivity contribution in [1.29, 1.82) is 0 Å². The molecule has 0 heterocycles. The van der Waals surface area contributed by atoms with Crippen LogP contribution in [0.4, 0.5) is 24.5 Å². The molecule has 0 spiro atoms. The lowest BCUT2D eigenvalue weighted by molar-refractivity contribution is -0.117. The molecule has 2 unspecified atom stereocenters. The number of anilines is 2. The summed E-state index contributed by atoms with van der Waals surface area (Å²) < 4.78 is 39.8. The molecule has 4 rings (SSSR count). The molecule has 1 aliphatic rings. The van der Waals surface area contributed by atoms with Gasteiger partial charge in [-0.2, -0.15) is 0 Å². The molecule has 10 heteroatoms. The minimum Gasteiger partial charge on any atom is -0.394 e. The smallest absolute Gasteiger partial charge is 0.231 e. The van der Waals surface area contributed by atoms with Gasteiger partial charge in [0.1, 0.15) is 21.7 Å². The summed E-state index contributed by atoms with van der Waals surface area (Å²) in [6.07, 6.45) is -0.426. The normalized spacial score (nSPS) is 18.4. The number of carbonyl (C=O) groups excluding carboxylic acids is 2. The van der Waals surface area contributed by atoms with Crippen LogP contribution in [0.15, 0.2) is 54.6 Å². The Morgan fingerprint density at radius 2 is 1.76 bits per heavy atom. The number of amides is 1. The molecule has 1 saturated carbocycles. The number of rotatable bonds is 6. The van der Waals surface area contributed by atoms with Crippen LogP contribution in [0.3, 0.4) is 0 Å². The SMILES string of the molecule is Nc1c(F)ccc(CC(=O)c2cc(NC(=O)C3C(c4cccc(F)c4)C3(Cl)Cl)ccc2Cl)c1F. The average Bonchev–Trinajstić information content (AvgIpc) is 3.37. The van der Waals surface area contributed by atoms with Gasteiger partial charge < -0.3 is 11.1 Å². The molecule has 0 radical (unpaired) electrons. The van der Waals surface area contributed by atoms with Crippen LogP contribution in [-0.2, 0) is 11.2 Å². The van der Waals surface area contributed by atoms with E-state index in [2.05, 4.69) is 5.32 Å². The molecule has 1 aliphatic carbocycles. The van der Waals surface area contributed by atoms with Crippen LogP contribution < -0.4 is 11.1 Å². The molecular weight excluding hydrogens is 512 g/mol. The van der Waals surface area contributed by atoms with Crippen molar-refractivity contribution in [3.8, 4) is 0 Å². The van der Waals surface area contributed by atoms with Crippen molar-refractivity contribution >= 4 is 57.9 Å². The number of carbonyl (C=O) groups is 2. The van der Waals surface area contributed by atoms with E-state index >= 15 is 0 Å². The Kier molecular flexibility index (Phi) is 6.55. The highest BCUT2D eigenvalue weighted by Crippen LogP contribution is 2.65. The van der Waals surface area contributed by atoms with E-state index < -0.39 is 57.4 Å². The highest BCUT2D eigenvalue weighted by atomic mass is 35.5. The van der Waals surface area contributed by atoms with Crippen LogP contribution in [0.5, 0.6) is 0 Å². The van der Waals surface area contributed by atoms with Crippen molar-refractivity contribution in [2.24, 2.45) is 5.92 Å². The molecule has 3 aromatic rings. The number of ketones is 1. The van der Waals surface area contributed by atoms with Crippen molar-refractivity contribution in [1.82, 2.24) is 0 Å². The van der Waals surface area contributed by atoms with Crippen LogP contribution in [0.2, 0.25) is 5.02 Å². The summed E-state index contributed by atoms with van der Waals surface area (Å²) >= 11 is 18.7. The molecule has 0 aromatic heterocycles. The molecule has 2 atom stereocenters. The number of alkyl halides is 2. The molecule has 34 heavy (non-hydrogen) atoms. The van der Waals surface area contributed by atoms with Gasteiger partial charge in [0.05, 0.1) is 10.9 Å². The van der Waals surface area contributed by atoms with E-state index in [-0.39, 0.29) is 21.8 Å². The second kappa shape index (κ2) is 9.13. The summed E-state index contributed by atoms with van der Waals surface area (Å²) in [5.41, 5.74) is 5.30. The van der Waals surface area contributed by atoms with E-state index in [0.29, 0.717) is 5.56 Å². The molecule has 3 aromatic carbocycles. The standard InChI is InChI=1S/C24H16Cl3F3N2O2/c25-16-6-5-14(10-15(16)18(33)9-12-4-7-17(29)22(31)21(12)30)32-23(34)20-19(24(20,26)27)11-2-1-3-13(28)8-11/h1-8,10,19-20H,9,31H2,(H,32,34). The Labute approximate surface area is 207 Å². The van der Waals surface area contributed by atoms with E-state index in [0.717, 1.165) is 12.1 Å². The summed E-state index contributed by atoms with van der Waals surface area (Å²) in [6.45, 7) is 0. The van der Waals surface area contributed by atoms with Crippen LogP contribution in [-0.4, -0.2) is 16.0 Å². The van der Waals surface area contributed by atoms with Gasteiger partial charge in [-0.05, 0) is 47.5 Å². The summed E-state index contributed by atoms with van der Waals surface area (Å²) in [5.74, 6) is -5.01. The number of hydrogen-bond acceptors (Lipinski definition) is 3. The molecule has 1 amide bonds. The molecule has 0 saturated heterocycles. The highest BCUT2D eigenvalue weighted by molar-refractivity contribution is 6.53. The number of nitrogens with two attached hydrogens (primary N) is 1. The lowest BCUT2D eigenvalue weighted by Crippen LogP contribution is -2.17.